The summed E-state index contributed by atoms with van der Waals surface area (Å²) >= 11 is 0. The van der Waals surface area contributed by atoms with Gasteiger partial charge in [0.05, 0.1) is 0 Å². The Labute approximate surface area is 119 Å². The summed E-state index contributed by atoms with van der Waals surface area (Å²) in [6.45, 7) is 3.93. The lowest BCUT2D eigenvalue weighted by atomic mass is 10.1. The summed E-state index contributed by atoms with van der Waals surface area (Å²) in [5.74, 6) is -0.988. The molecule has 0 aliphatic carbocycles. The number of nitrogens with one attached hydrogen (secondary N) is 1. The maximum atomic E-state index is 12.6. The summed E-state index contributed by atoms with van der Waals surface area (Å²) in [5, 5.41) is 11.1. The van der Waals surface area contributed by atoms with Crippen molar-refractivity contribution in [3.63, 3.8) is 0 Å². The number of benzene rings is 1. The summed E-state index contributed by atoms with van der Waals surface area (Å²) in [4.78, 5) is 21.2. The molecule has 1 rings (SSSR count). The minimum Gasteiger partial charge on any atom is -0.465 e. The van der Waals surface area contributed by atoms with Crippen LogP contribution in [0.1, 0.15) is 38.0 Å². The van der Waals surface area contributed by atoms with Gasteiger partial charge in [0, 0.05) is 6.16 Å². The Morgan fingerprint density at radius 1 is 1.35 bits per heavy atom. The van der Waals surface area contributed by atoms with Gasteiger partial charge in [-0.2, -0.15) is 0 Å². The molecule has 0 saturated carbocycles. The van der Waals surface area contributed by atoms with E-state index >= 15 is 0 Å². The van der Waals surface area contributed by atoms with Crippen molar-refractivity contribution < 1.29 is 19.4 Å². The molecule has 112 valence electrons. The highest BCUT2D eigenvalue weighted by atomic mass is 31.2. The van der Waals surface area contributed by atoms with Gasteiger partial charge in [0.2, 0.25) is 7.37 Å². The highest BCUT2D eigenvalue weighted by Crippen LogP contribution is 2.55. The van der Waals surface area contributed by atoms with Crippen LogP contribution in [0.5, 0.6) is 0 Å². The minimum absolute atomic E-state index is 0.0811. The van der Waals surface area contributed by atoms with E-state index in [1.54, 1.807) is 30.3 Å². The van der Waals surface area contributed by atoms with Crippen LogP contribution in [0.15, 0.2) is 30.3 Å². The van der Waals surface area contributed by atoms with E-state index in [2.05, 4.69) is 5.32 Å². The largest absolute Gasteiger partial charge is 0.465 e. The third-order valence-corrected chi connectivity index (χ3v) is 5.51. The molecule has 0 aromatic heterocycles. The Hall–Kier alpha value is -1.32. The smallest absolute Gasteiger partial charge is 0.405 e. The Bertz CT molecular complexity index is 477. The lowest BCUT2D eigenvalue weighted by molar-refractivity contribution is 0.192. The van der Waals surface area contributed by atoms with Crippen LogP contribution < -0.4 is 5.32 Å². The molecule has 20 heavy (non-hydrogen) atoms. The van der Waals surface area contributed by atoms with Crippen LogP contribution >= 0.6 is 7.37 Å². The first-order chi connectivity index (χ1) is 9.36. The molecule has 3 N–H and O–H groups in total. The molecule has 0 spiro atoms. The maximum absolute atomic E-state index is 12.6. The molecule has 6 heteroatoms. The molecule has 1 aromatic carbocycles. The number of carboxylic acid groups (broad SMARTS) is 1. The van der Waals surface area contributed by atoms with Crippen molar-refractivity contribution in [1.29, 1.82) is 0 Å². The molecule has 0 fully saturated rings. The maximum Gasteiger partial charge on any atom is 0.405 e. The van der Waals surface area contributed by atoms with Crippen molar-refractivity contribution in [2.45, 2.75) is 32.5 Å². The molecule has 1 amide bonds. The van der Waals surface area contributed by atoms with E-state index in [1.165, 1.54) is 0 Å². The van der Waals surface area contributed by atoms with Gasteiger partial charge >= 0.3 is 6.09 Å². The SMILES string of the molecule is CCCC(C)CP(=O)(O)C(NC(=O)O)c1ccccc1. The second kappa shape index (κ2) is 7.46. The van der Waals surface area contributed by atoms with Crippen LogP contribution in [0.3, 0.4) is 0 Å². The number of rotatable bonds is 7. The first kappa shape index (κ1) is 16.7. The van der Waals surface area contributed by atoms with Gasteiger partial charge in [0.25, 0.3) is 0 Å². The van der Waals surface area contributed by atoms with Gasteiger partial charge in [-0.15, -0.1) is 0 Å². The molecule has 0 heterocycles. The van der Waals surface area contributed by atoms with Gasteiger partial charge in [-0.1, -0.05) is 57.0 Å². The fourth-order valence-corrected chi connectivity index (χ4v) is 4.54. The van der Waals surface area contributed by atoms with Crippen LogP contribution in [0.25, 0.3) is 0 Å². The fraction of sp³-hybridized carbons (Fsp3) is 0.500. The first-order valence-corrected chi connectivity index (χ1v) is 8.64. The molecule has 0 radical (unpaired) electrons. The number of carbonyl (C=O) groups is 1. The molecular formula is C14H22NO4P. The third kappa shape index (κ3) is 4.99. The van der Waals surface area contributed by atoms with Crippen molar-refractivity contribution in [3.05, 3.63) is 35.9 Å². The van der Waals surface area contributed by atoms with Crippen LogP contribution in [0.2, 0.25) is 0 Å². The van der Waals surface area contributed by atoms with Gasteiger partial charge in [0.1, 0.15) is 5.78 Å². The molecule has 0 bridgehead atoms. The van der Waals surface area contributed by atoms with Crippen LogP contribution in [0, 0.1) is 5.92 Å². The third-order valence-electron chi connectivity index (χ3n) is 3.13. The van der Waals surface area contributed by atoms with Crippen molar-refractivity contribution >= 4 is 13.5 Å². The van der Waals surface area contributed by atoms with E-state index in [9.17, 15) is 14.3 Å². The van der Waals surface area contributed by atoms with E-state index in [4.69, 9.17) is 5.11 Å². The predicted octanol–water partition coefficient (Wildman–Crippen LogP) is 3.66. The molecule has 1 aromatic rings. The van der Waals surface area contributed by atoms with Crippen LogP contribution in [-0.2, 0) is 4.57 Å². The Kier molecular flexibility index (Phi) is 6.24. The molecule has 3 atom stereocenters. The van der Waals surface area contributed by atoms with E-state index < -0.39 is 19.2 Å². The summed E-state index contributed by atoms with van der Waals surface area (Å²) < 4.78 is 12.6. The summed E-state index contributed by atoms with van der Waals surface area (Å²) in [6.07, 6.45) is 0.597. The summed E-state index contributed by atoms with van der Waals surface area (Å²) in [7, 11) is -3.66. The van der Waals surface area contributed by atoms with Crippen molar-refractivity contribution in [3.8, 4) is 0 Å². The first-order valence-electron chi connectivity index (χ1n) is 6.72. The molecule has 0 saturated heterocycles. The molecule has 0 aliphatic heterocycles. The minimum atomic E-state index is -3.66. The van der Waals surface area contributed by atoms with Gasteiger partial charge in [-0.3, -0.25) is 4.57 Å². The Morgan fingerprint density at radius 3 is 2.45 bits per heavy atom. The fourth-order valence-electron chi connectivity index (χ4n) is 2.31. The van der Waals surface area contributed by atoms with Crippen LogP contribution in [0.4, 0.5) is 4.79 Å². The molecular weight excluding hydrogens is 277 g/mol. The zero-order valence-corrected chi connectivity index (χ0v) is 12.7. The summed E-state index contributed by atoms with van der Waals surface area (Å²) in [6, 6.07) is 8.55. The van der Waals surface area contributed by atoms with E-state index in [1.807, 2.05) is 13.8 Å². The zero-order valence-electron chi connectivity index (χ0n) is 11.8. The standard InChI is InChI=1S/C14H22NO4P/c1-3-7-11(2)10-20(18,19)13(15-14(16)17)12-8-5-4-6-9-12/h4-6,8-9,11,13,15H,3,7,10H2,1-2H3,(H,16,17)(H,18,19). The van der Waals surface area contributed by atoms with Crippen LogP contribution in [-0.4, -0.2) is 22.3 Å². The Morgan fingerprint density at radius 2 is 1.95 bits per heavy atom. The van der Waals surface area contributed by atoms with Crippen molar-refractivity contribution in [2.24, 2.45) is 5.92 Å². The molecule has 0 aliphatic rings. The van der Waals surface area contributed by atoms with E-state index in [-0.39, 0.29) is 12.1 Å². The number of hydrogen-bond acceptors (Lipinski definition) is 2. The number of hydrogen-bond donors (Lipinski definition) is 3. The monoisotopic (exact) mass is 299 g/mol. The lowest BCUT2D eigenvalue weighted by Gasteiger charge is -2.25. The number of amides is 1. The summed E-state index contributed by atoms with van der Waals surface area (Å²) in [5.41, 5.74) is 0.518. The molecule has 3 unspecified atom stereocenters. The van der Waals surface area contributed by atoms with Gasteiger partial charge in [-0.25, -0.2) is 4.79 Å². The average molecular weight is 299 g/mol. The highest BCUT2D eigenvalue weighted by molar-refractivity contribution is 7.58. The second-order valence-electron chi connectivity index (χ2n) is 5.09. The van der Waals surface area contributed by atoms with E-state index in [0.717, 1.165) is 12.8 Å². The molecule has 5 nitrogen and oxygen atoms in total. The van der Waals surface area contributed by atoms with Gasteiger partial charge in [-0.05, 0) is 11.5 Å². The average Bonchev–Trinajstić information content (AvgIpc) is 2.36. The zero-order chi connectivity index (χ0) is 15.2. The van der Waals surface area contributed by atoms with Crippen molar-refractivity contribution in [1.82, 2.24) is 5.32 Å². The highest BCUT2D eigenvalue weighted by Gasteiger charge is 2.34. The quantitative estimate of drug-likeness (QED) is 0.671. The normalized spacial score (nSPS) is 16.9. The predicted molar refractivity (Wildman–Crippen MR) is 79.1 cm³/mol. The Balaban J connectivity index is 2.98. The van der Waals surface area contributed by atoms with Gasteiger partial charge < -0.3 is 15.3 Å². The van der Waals surface area contributed by atoms with E-state index in [0.29, 0.717) is 5.56 Å². The van der Waals surface area contributed by atoms with Crippen molar-refractivity contribution in [2.75, 3.05) is 6.16 Å². The lowest BCUT2D eigenvalue weighted by Crippen LogP contribution is -2.28. The topological polar surface area (TPSA) is 86.6 Å². The van der Waals surface area contributed by atoms with Gasteiger partial charge in [0.15, 0.2) is 0 Å². The second-order valence-corrected chi connectivity index (χ2v) is 7.49.